The van der Waals surface area contributed by atoms with Crippen LogP contribution in [0.25, 0.3) is 0 Å². The van der Waals surface area contributed by atoms with Crippen LogP contribution in [0.5, 0.6) is 0 Å². The summed E-state index contributed by atoms with van der Waals surface area (Å²) < 4.78 is 0. The van der Waals surface area contributed by atoms with Gasteiger partial charge in [-0.3, -0.25) is 0 Å². The van der Waals surface area contributed by atoms with E-state index in [0.29, 0.717) is 12.5 Å². The lowest BCUT2D eigenvalue weighted by molar-refractivity contribution is 0.969. The molecule has 0 atom stereocenters. The van der Waals surface area contributed by atoms with Gasteiger partial charge in [0.2, 0.25) is 0 Å². The van der Waals surface area contributed by atoms with Crippen LogP contribution in [0, 0.1) is 6.92 Å². The molecule has 0 fully saturated rings. The van der Waals surface area contributed by atoms with Crippen molar-refractivity contribution < 1.29 is 0 Å². The third-order valence-electron chi connectivity index (χ3n) is 2.60. The summed E-state index contributed by atoms with van der Waals surface area (Å²) in [6.07, 6.45) is 0.964. The van der Waals surface area contributed by atoms with Crippen LogP contribution in [0.1, 0.15) is 23.2 Å². The molecule has 0 aliphatic rings. The Hall–Kier alpha value is -1.15. The van der Waals surface area contributed by atoms with E-state index in [0.717, 1.165) is 22.8 Å². The van der Waals surface area contributed by atoms with Crippen LogP contribution < -0.4 is 11.1 Å². The van der Waals surface area contributed by atoms with E-state index in [9.17, 15) is 0 Å². The van der Waals surface area contributed by atoms with Crippen molar-refractivity contribution in [3.8, 4) is 0 Å². The summed E-state index contributed by atoms with van der Waals surface area (Å²) in [5, 5.41) is 6.24. The molecule has 1 aromatic heterocycles. The van der Waals surface area contributed by atoms with E-state index < -0.39 is 0 Å². The van der Waals surface area contributed by atoms with Gasteiger partial charge < -0.3 is 11.1 Å². The Labute approximate surface area is 140 Å². The lowest BCUT2D eigenvalue weighted by Crippen LogP contribution is -2.22. The first-order valence-corrected chi connectivity index (χ1v) is 7.12. The quantitative estimate of drug-likeness (QED) is 0.467. The van der Waals surface area contributed by atoms with Crippen molar-refractivity contribution in [2.24, 2.45) is 10.7 Å². The van der Waals surface area contributed by atoms with Gasteiger partial charge in [-0.1, -0.05) is 19.1 Å². The predicted molar refractivity (Wildman–Crippen MR) is 97.0 cm³/mol. The number of benzene rings is 1. The number of aryl methyl sites for hydroxylation is 2. The first-order chi connectivity index (χ1) is 9.17. The number of nitrogens with two attached hydrogens (primary N) is 1. The molecule has 0 aliphatic heterocycles. The fourth-order valence-corrected chi connectivity index (χ4v) is 2.40. The standard InChI is InChI=1S/C14H18N4S.HI/c1-3-13-17-12(9-19-13)8-16-14(15)18-11-6-4-5-10(2)7-11;/h4-7,9H,3,8H2,1-2H3,(H3,15,16,18);1H. The summed E-state index contributed by atoms with van der Waals surface area (Å²) in [5.41, 5.74) is 8.96. The first kappa shape index (κ1) is 16.9. The van der Waals surface area contributed by atoms with Gasteiger partial charge in [-0.05, 0) is 31.0 Å². The molecule has 1 aromatic carbocycles. The van der Waals surface area contributed by atoms with E-state index >= 15 is 0 Å². The summed E-state index contributed by atoms with van der Waals surface area (Å²) in [7, 11) is 0. The molecule has 6 heteroatoms. The second-order valence-electron chi connectivity index (χ2n) is 4.28. The Morgan fingerprint density at radius 2 is 2.25 bits per heavy atom. The summed E-state index contributed by atoms with van der Waals surface area (Å²) in [6.45, 7) is 4.65. The van der Waals surface area contributed by atoms with E-state index in [2.05, 4.69) is 22.2 Å². The van der Waals surface area contributed by atoms with Crippen molar-refractivity contribution in [3.63, 3.8) is 0 Å². The van der Waals surface area contributed by atoms with Crippen molar-refractivity contribution >= 4 is 47.0 Å². The second-order valence-corrected chi connectivity index (χ2v) is 5.22. The van der Waals surface area contributed by atoms with Crippen molar-refractivity contribution in [1.82, 2.24) is 4.98 Å². The average molecular weight is 402 g/mol. The molecule has 3 N–H and O–H groups in total. The van der Waals surface area contributed by atoms with Gasteiger partial charge in [0.1, 0.15) is 0 Å². The predicted octanol–water partition coefficient (Wildman–Crippen LogP) is 3.56. The van der Waals surface area contributed by atoms with Gasteiger partial charge in [0, 0.05) is 11.1 Å². The summed E-state index contributed by atoms with van der Waals surface area (Å²) in [4.78, 5) is 8.74. The molecule has 0 bridgehead atoms. The smallest absolute Gasteiger partial charge is 0.193 e. The molecule has 0 aliphatic carbocycles. The zero-order valence-corrected chi connectivity index (χ0v) is 14.7. The normalized spacial score (nSPS) is 11.0. The number of guanidine groups is 1. The molecule has 108 valence electrons. The Morgan fingerprint density at radius 3 is 2.90 bits per heavy atom. The Bertz CT molecular complexity index is 580. The van der Waals surface area contributed by atoms with Crippen molar-refractivity contribution in [1.29, 1.82) is 0 Å². The van der Waals surface area contributed by atoms with E-state index in [4.69, 9.17) is 5.73 Å². The molecule has 0 radical (unpaired) electrons. The fourth-order valence-electron chi connectivity index (χ4n) is 1.66. The molecular formula is C14H19IN4S. The number of aromatic nitrogens is 1. The fraction of sp³-hybridized carbons (Fsp3) is 0.286. The lowest BCUT2D eigenvalue weighted by atomic mass is 10.2. The van der Waals surface area contributed by atoms with Crippen LogP contribution in [-0.2, 0) is 13.0 Å². The minimum atomic E-state index is 0. The van der Waals surface area contributed by atoms with Gasteiger partial charge in [-0.2, -0.15) is 0 Å². The number of rotatable bonds is 4. The number of aliphatic imine (C=N–C) groups is 1. The Kier molecular flexibility index (Phi) is 6.94. The van der Waals surface area contributed by atoms with Crippen molar-refractivity contribution in [2.45, 2.75) is 26.8 Å². The molecule has 0 saturated heterocycles. The molecule has 0 amide bonds. The third-order valence-corrected chi connectivity index (χ3v) is 3.65. The van der Waals surface area contributed by atoms with E-state index in [-0.39, 0.29) is 24.0 Å². The number of halogens is 1. The van der Waals surface area contributed by atoms with Gasteiger partial charge in [0.25, 0.3) is 0 Å². The van der Waals surface area contributed by atoms with Crippen LogP contribution in [0.3, 0.4) is 0 Å². The highest BCUT2D eigenvalue weighted by atomic mass is 127. The molecule has 2 rings (SSSR count). The minimum Gasteiger partial charge on any atom is -0.370 e. The van der Waals surface area contributed by atoms with Gasteiger partial charge in [-0.25, -0.2) is 9.98 Å². The zero-order chi connectivity index (χ0) is 13.7. The van der Waals surface area contributed by atoms with E-state index in [1.165, 1.54) is 5.56 Å². The second kappa shape index (κ2) is 8.21. The minimum absolute atomic E-state index is 0. The molecule has 4 nitrogen and oxygen atoms in total. The first-order valence-electron chi connectivity index (χ1n) is 6.24. The molecule has 0 saturated carbocycles. The van der Waals surface area contributed by atoms with E-state index in [1.54, 1.807) is 11.3 Å². The number of thiazole rings is 1. The highest BCUT2D eigenvalue weighted by Crippen LogP contribution is 2.11. The van der Waals surface area contributed by atoms with E-state index in [1.807, 2.05) is 36.6 Å². The molecule has 0 unspecified atom stereocenters. The van der Waals surface area contributed by atoms with Crippen LogP contribution >= 0.6 is 35.3 Å². The SMILES string of the molecule is CCc1nc(CN=C(N)Nc2cccc(C)c2)cs1.I. The molecule has 1 heterocycles. The van der Waals surface area contributed by atoms with Gasteiger partial charge in [0.15, 0.2) is 5.96 Å². The van der Waals surface area contributed by atoms with Gasteiger partial charge >= 0.3 is 0 Å². The monoisotopic (exact) mass is 402 g/mol. The number of hydrogen-bond donors (Lipinski definition) is 2. The van der Waals surface area contributed by atoms with Crippen molar-refractivity contribution in [2.75, 3.05) is 5.32 Å². The molecule has 20 heavy (non-hydrogen) atoms. The largest absolute Gasteiger partial charge is 0.370 e. The summed E-state index contributed by atoms with van der Waals surface area (Å²) in [5.74, 6) is 0.414. The Morgan fingerprint density at radius 1 is 1.45 bits per heavy atom. The maximum Gasteiger partial charge on any atom is 0.193 e. The maximum atomic E-state index is 5.86. The Balaban J connectivity index is 0.00000200. The molecule has 2 aromatic rings. The van der Waals surface area contributed by atoms with Crippen LogP contribution in [0.4, 0.5) is 5.69 Å². The molecule has 0 spiro atoms. The highest BCUT2D eigenvalue weighted by Gasteiger charge is 2.00. The van der Waals surface area contributed by atoms with Crippen LogP contribution in [0.2, 0.25) is 0 Å². The van der Waals surface area contributed by atoms with Gasteiger partial charge in [0.05, 0.1) is 17.2 Å². The number of hydrogen-bond acceptors (Lipinski definition) is 3. The maximum absolute atomic E-state index is 5.86. The van der Waals surface area contributed by atoms with Crippen LogP contribution in [-0.4, -0.2) is 10.9 Å². The van der Waals surface area contributed by atoms with Crippen LogP contribution in [0.15, 0.2) is 34.6 Å². The number of anilines is 1. The lowest BCUT2D eigenvalue weighted by Gasteiger charge is -2.05. The summed E-state index contributed by atoms with van der Waals surface area (Å²) >= 11 is 1.67. The number of nitrogens with zero attached hydrogens (tertiary/aromatic N) is 2. The van der Waals surface area contributed by atoms with Gasteiger partial charge in [-0.15, -0.1) is 35.3 Å². The molecular weight excluding hydrogens is 383 g/mol. The topological polar surface area (TPSA) is 63.3 Å². The highest BCUT2D eigenvalue weighted by molar-refractivity contribution is 14.0. The average Bonchev–Trinajstić information content (AvgIpc) is 2.84. The zero-order valence-electron chi connectivity index (χ0n) is 11.6. The third kappa shape index (κ3) is 5.09. The summed E-state index contributed by atoms with van der Waals surface area (Å²) in [6, 6.07) is 8.02. The number of nitrogens with one attached hydrogen (secondary N) is 1. The van der Waals surface area contributed by atoms with Crippen molar-refractivity contribution in [3.05, 3.63) is 45.9 Å².